The monoisotopic (exact) mass is 282 g/mol. The maximum atomic E-state index is 12.5. The molecule has 2 aromatic rings. The molecule has 3 rings (SSSR count). The molecular weight excluding hydrogens is 264 g/mol. The largest absolute Gasteiger partial charge is 0.457 e. The molecule has 1 aromatic carbocycles. The van der Waals surface area contributed by atoms with Crippen molar-refractivity contribution in [3.8, 4) is 11.5 Å². The number of rotatable bonds is 5. The summed E-state index contributed by atoms with van der Waals surface area (Å²) in [5.74, 6) is 1.36. The third-order valence-corrected chi connectivity index (χ3v) is 3.52. The van der Waals surface area contributed by atoms with Crippen molar-refractivity contribution in [3.05, 3.63) is 54.4 Å². The Morgan fingerprint density at radius 2 is 2.00 bits per heavy atom. The van der Waals surface area contributed by atoms with E-state index in [2.05, 4.69) is 4.98 Å². The average Bonchev–Trinajstić information content (AvgIpc) is 3.34. The molecule has 1 heterocycles. The predicted octanol–water partition coefficient (Wildman–Crippen LogP) is 3.50. The van der Waals surface area contributed by atoms with Crippen LogP contribution in [0.4, 0.5) is 0 Å². The van der Waals surface area contributed by atoms with Gasteiger partial charge in [-0.3, -0.25) is 9.78 Å². The molecule has 1 saturated carbocycles. The van der Waals surface area contributed by atoms with Gasteiger partial charge >= 0.3 is 0 Å². The summed E-state index contributed by atoms with van der Waals surface area (Å²) in [5.41, 5.74) is 0.442. The second kappa shape index (κ2) is 5.95. The van der Waals surface area contributed by atoms with Crippen molar-refractivity contribution in [1.82, 2.24) is 9.88 Å². The van der Waals surface area contributed by atoms with E-state index in [4.69, 9.17) is 4.74 Å². The number of para-hydroxylation sites is 1. The lowest BCUT2D eigenvalue weighted by Gasteiger charge is -2.19. The fraction of sp³-hybridized carbons (Fsp3) is 0.294. The zero-order valence-corrected chi connectivity index (χ0v) is 12.0. The van der Waals surface area contributed by atoms with E-state index in [0.717, 1.165) is 25.1 Å². The molecule has 1 amide bonds. The number of benzene rings is 1. The fourth-order valence-electron chi connectivity index (χ4n) is 2.32. The lowest BCUT2D eigenvalue weighted by molar-refractivity contribution is 0.0746. The summed E-state index contributed by atoms with van der Waals surface area (Å²) in [5, 5.41) is 0. The van der Waals surface area contributed by atoms with E-state index < -0.39 is 0 Å². The van der Waals surface area contributed by atoms with Gasteiger partial charge in [-0.15, -0.1) is 0 Å². The SMILES string of the molecule is CCN(C(=O)c1cc(Oc2ccccc2)ccn1)C1CC1. The molecule has 1 fully saturated rings. The first kappa shape index (κ1) is 13.6. The van der Waals surface area contributed by atoms with Crippen molar-refractivity contribution >= 4 is 5.91 Å². The van der Waals surface area contributed by atoms with Gasteiger partial charge in [0.2, 0.25) is 0 Å². The molecule has 0 saturated heterocycles. The number of carbonyl (C=O) groups is 1. The summed E-state index contributed by atoms with van der Waals surface area (Å²) in [4.78, 5) is 18.5. The minimum absolute atomic E-state index is 0.0153. The van der Waals surface area contributed by atoms with Gasteiger partial charge < -0.3 is 9.64 Å². The summed E-state index contributed by atoms with van der Waals surface area (Å²) >= 11 is 0. The molecule has 4 heteroatoms. The summed E-state index contributed by atoms with van der Waals surface area (Å²) in [6.07, 6.45) is 3.81. The minimum Gasteiger partial charge on any atom is -0.457 e. The van der Waals surface area contributed by atoms with Gasteiger partial charge in [-0.1, -0.05) is 18.2 Å². The van der Waals surface area contributed by atoms with Gasteiger partial charge in [0, 0.05) is 24.8 Å². The first-order chi connectivity index (χ1) is 10.3. The van der Waals surface area contributed by atoms with Gasteiger partial charge in [0.25, 0.3) is 5.91 Å². The van der Waals surface area contributed by atoms with E-state index in [-0.39, 0.29) is 5.91 Å². The number of amides is 1. The molecule has 0 unspecified atom stereocenters. The maximum Gasteiger partial charge on any atom is 0.272 e. The molecule has 1 aliphatic carbocycles. The Morgan fingerprint density at radius 3 is 2.67 bits per heavy atom. The Hall–Kier alpha value is -2.36. The number of nitrogens with zero attached hydrogens (tertiary/aromatic N) is 2. The van der Waals surface area contributed by atoms with Gasteiger partial charge in [-0.2, -0.15) is 0 Å². The molecule has 0 bridgehead atoms. The Bertz CT molecular complexity index is 624. The molecule has 1 aromatic heterocycles. The van der Waals surface area contributed by atoms with E-state index >= 15 is 0 Å². The minimum atomic E-state index is -0.0153. The molecule has 0 N–H and O–H groups in total. The highest BCUT2D eigenvalue weighted by molar-refractivity contribution is 5.93. The Morgan fingerprint density at radius 1 is 1.24 bits per heavy atom. The second-order valence-electron chi connectivity index (χ2n) is 5.11. The van der Waals surface area contributed by atoms with Crippen molar-refractivity contribution in [3.63, 3.8) is 0 Å². The summed E-state index contributed by atoms with van der Waals surface area (Å²) < 4.78 is 5.75. The van der Waals surface area contributed by atoms with Gasteiger partial charge in [0.05, 0.1) is 0 Å². The molecule has 0 atom stereocenters. The molecule has 21 heavy (non-hydrogen) atoms. The third kappa shape index (κ3) is 3.21. The van der Waals surface area contributed by atoms with Crippen LogP contribution in [-0.4, -0.2) is 28.4 Å². The predicted molar refractivity (Wildman–Crippen MR) is 80.5 cm³/mol. The van der Waals surface area contributed by atoms with E-state index in [9.17, 15) is 4.79 Å². The molecule has 1 aliphatic rings. The second-order valence-corrected chi connectivity index (χ2v) is 5.11. The van der Waals surface area contributed by atoms with Crippen LogP contribution in [-0.2, 0) is 0 Å². The van der Waals surface area contributed by atoms with Crippen LogP contribution < -0.4 is 4.74 Å². The summed E-state index contributed by atoms with van der Waals surface area (Å²) in [6.45, 7) is 2.72. The van der Waals surface area contributed by atoms with Gasteiger partial charge in [0.1, 0.15) is 17.2 Å². The maximum absolute atomic E-state index is 12.5. The standard InChI is InChI=1S/C17H18N2O2/c1-2-19(13-8-9-13)17(20)16-12-15(10-11-18-16)21-14-6-4-3-5-7-14/h3-7,10-13H,2,8-9H2,1H3. The van der Waals surface area contributed by atoms with Crippen LogP contribution in [0.1, 0.15) is 30.3 Å². The quantitative estimate of drug-likeness (QED) is 0.843. The van der Waals surface area contributed by atoms with Gasteiger partial charge in [-0.05, 0) is 38.0 Å². The Labute approximate surface area is 124 Å². The molecule has 0 radical (unpaired) electrons. The number of aromatic nitrogens is 1. The smallest absolute Gasteiger partial charge is 0.272 e. The summed E-state index contributed by atoms with van der Waals surface area (Å²) in [7, 11) is 0. The normalized spacial score (nSPS) is 13.8. The lowest BCUT2D eigenvalue weighted by Crippen LogP contribution is -2.33. The van der Waals surface area contributed by atoms with Crippen LogP contribution in [0.2, 0.25) is 0 Å². The molecule has 0 aliphatic heterocycles. The van der Waals surface area contributed by atoms with Crippen molar-refractivity contribution < 1.29 is 9.53 Å². The molecule has 108 valence electrons. The zero-order chi connectivity index (χ0) is 14.7. The third-order valence-electron chi connectivity index (χ3n) is 3.52. The van der Waals surface area contributed by atoms with Crippen molar-refractivity contribution in [2.24, 2.45) is 0 Å². The van der Waals surface area contributed by atoms with E-state index in [1.54, 1.807) is 18.3 Å². The van der Waals surface area contributed by atoms with Crippen LogP contribution in [0.25, 0.3) is 0 Å². The molecule has 0 spiro atoms. The van der Waals surface area contributed by atoms with Crippen molar-refractivity contribution in [1.29, 1.82) is 0 Å². The fourth-order valence-corrected chi connectivity index (χ4v) is 2.32. The summed E-state index contributed by atoms with van der Waals surface area (Å²) in [6, 6.07) is 13.4. The average molecular weight is 282 g/mol. The number of pyridine rings is 1. The lowest BCUT2D eigenvalue weighted by atomic mass is 10.3. The first-order valence-electron chi connectivity index (χ1n) is 7.28. The van der Waals surface area contributed by atoms with Crippen LogP contribution >= 0.6 is 0 Å². The van der Waals surface area contributed by atoms with Gasteiger partial charge in [0.15, 0.2) is 0 Å². The highest BCUT2D eigenvalue weighted by Gasteiger charge is 2.32. The van der Waals surface area contributed by atoms with Crippen LogP contribution in [0.15, 0.2) is 48.7 Å². The molecular formula is C17H18N2O2. The van der Waals surface area contributed by atoms with E-state index in [0.29, 0.717) is 17.5 Å². The Kier molecular flexibility index (Phi) is 3.86. The zero-order valence-electron chi connectivity index (χ0n) is 12.0. The first-order valence-corrected chi connectivity index (χ1v) is 7.28. The topological polar surface area (TPSA) is 42.4 Å². The number of hydrogen-bond acceptors (Lipinski definition) is 3. The highest BCUT2D eigenvalue weighted by atomic mass is 16.5. The molecule has 4 nitrogen and oxygen atoms in total. The van der Waals surface area contributed by atoms with Crippen molar-refractivity contribution in [2.75, 3.05) is 6.54 Å². The number of ether oxygens (including phenoxy) is 1. The van der Waals surface area contributed by atoms with Gasteiger partial charge in [-0.25, -0.2) is 0 Å². The number of hydrogen-bond donors (Lipinski definition) is 0. The highest BCUT2D eigenvalue weighted by Crippen LogP contribution is 2.28. The van der Waals surface area contributed by atoms with Crippen molar-refractivity contribution in [2.45, 2.75) is 25.8 Å². The van der Waals surface area contributed by atoms with E-state index in [1.165, 1.54) is 0 Å². The van der Waals surface area contributed by atoms with Crippen LogP contribution in [0.5, 0.6) is 11.5 Å². The van der Waals surface area contributed by atoms with Crippen LogP contribution in [0.3, 0.4) is 0 Å². The van der Waals surface area contributed by atoms with E-state index in [1.807, 2.05) is 42.2 Å². The van der Waals surface area contributed by atoms with Crippen LogP contribution in [0, 0.1) is 0 Å². The number of carbonyl (C=O) groups excluding carboxylic acids is 1. The Balaban J connectivity index is 1.78.